The van der Waals surface area contributed by atoms with Gasteiger partial charge in [-0.15, -0.1) is 0 Å². The maximum atomic E-state index is 6.00. The molecule has 1 saturated carbocycles. The average Bonchev–Trinajstić information content (AvgIpc) is 2.88. The quantitative estimate of drug-likeness (QED) is 0.182. The lowest BCUT2D eigenvalue weighted by Crippen LogP contribution is -2.24. The van der Waals surface area contributed by atoms with E-state index in [1.54, 1.807) is 0 Å². The van der Waals surface area contributed by atoms with E-state index < -0.39 is 8.07 Å². The fourth-order valence-electron chi connectivity index (χ4n) is 5.74. The number of unbranched alkanes of at least 4 members (excludes halogenated alkanes) is 4. The second-order valence-corrected chi connectivity index (χ2v) is 16.9. The Kier molecular flexibility index (Phi) is 11.8. The first-order valence-electron chi connectivity index (χ1n) is 14.6. The van der Waals surface area contributed by atoms with E-state index in [4.69, 9.17) is 9.72 Å². The maximum absolute atomic E-state index is 6.00. The Morgan fingerprint density at radius 1 is 0.857 bits per heavy atom. The Labute approximate surface area is 216 Å². The molecule has 4 heteroatoms. The smallest absolute Gasteiger partial charge is 0.316 e. The summed E-state index contributed by atoms with van der Waals surface area (Å²) in [5.41, 5.74) is 3.73. The zero-order valence-electron chi connectivity index (χ0n) is 23.0. The molecule has 1 aliphatic rings. The van der Waals surface area contributed by atoms with Crippen molar-refractivity contribution in [1.29, 1.82) is 0 Å². The zero-order chi connectivity index (χ0) is 24.9. The standard InChI is InChI=1S/C31H50N2OSi/c1-5-7-9-14-26-17-19-27(20-18-26)28-15-10-11-16-29(28)30-21-22-32-31(33-30)34-23-12-13-25-35(3,4)24-8-6-2/h10-11,15-16,21-22,26-27H,5-9,12-14,17-20,23-25H2,1-4H3. The summed E-state index contributed by atoms with van der Waals surface area (Å²) in [6, 6.07) is 14.3. The van der Waals surface area contributed by atoms with Crippen LogP contribution in [0, 0.1) is 5.92 Å². The highest BCUT2D eigenvalue weighted by molar-refractivity contribution is 6.77. The van der Waals surface area contributed by atoms with E-state index in [1.165, 1.54) is 93.8 Å². The van der Waals surface area contributed by atoms with Gasteiger partial charge in [-0.3, -0.25) is 0 Å². The van der Waals surface area contributed by atoms with Crippen molar-refractivity contribution < 1.29 is 4.74 Å². The van der Waals surface area contributed by atoms with E-state index in [1.807, 2.05) is 12.3 Å². The third-order valence-electron chi connectivity index (χ3n) is 8.06. The number of ether oxygens (including phenoxy) is 1. The number of aromatic nitrogens is 2. The average molecular weight is 495 g/mol. The summed E-state index contributed by atoms with van der Waals surface area (Å²) >= 11 is 0. The van der Waals surface area contributed by atoms with E-state index in [0.717, 1.165) is 18.0 Å². The van der Waals surface area contributed by atoms with Crippen molar-refractivity contribution in [1.82, 2.24) is 9.97 Å². The molecule has 1 aromatic carbocycles. The van der Waals surface area contributed by atoms with Crippen LogP contribution in [0.2, 0.25) is 25.2 Å². The first-order chi connectivity index (χ1) is 17.0. The molecule has 0 radical (unpaired) electrons. The minimum atomic E-state index is -1.03. The number of hydrogen-bond donors (Lipinski definition) is 0. The highest BCUT2D eigenvalue weighted by Gasteiger charge is 2.24. The van der Waals surface area contributed by atoms with Crippen LogP contribution in [0.3, 0.4) is 0 Å². The molecule has 0 spiro atoms. The number of hydrogen-bond acceptors (Lipinski definition) is 3. The topological polar surface area (TPSA) is 35.0 Å². The molecule has 1 heterocycles. The van der Waals surface area contributed by atoms with Crippen LogP contribution in [0.25, 0.3) is 11.3 Å². The van der Waals surface area contributed by atoms with Crippen LogP contribution in [0.1, 0.15) is 102 Å². The van der Waals surface area contributed by atoms with Crippen molar-refractivity contribution in [2.75, 3.05) is 6.61 Å². The molecule has 0 aliphatic heterocycles. The van der Waals surface area contributed by atoms with Crippen molar-refractivity contribution in [3.05, 3.63) is 42.1 Å². The molecule has 1 aliphatic carbocycles. The largest absolute Gasteiger partial charge is 0.463 e. The molecular formula is C31H50N2OSi. The van der Waals surface area contributed by atoms with E-state index >= 15 is 0 Å². The molecule has 1 aromatic heterocycles. The SMILES string of the molecule is CCCCCC1CCC(c2ccccc2-c2ccnc(OCCCC[Si](C)(C)CCCC)n2)CC1. The van der Waals surface area contributed by atoms with E-state index in [9.17, 15) is 0 Å². The van der Waals surface area contributed by atoms with Gasteiger partial charge < -0.3 is 4.74 Å². The van der Waals surface area contributed by atoms with Crippen LogP contribution in [-0.2, 0) is 0 Å². The molecule has 3 nitrogen and oxygen atoms in total. The molecule has 1 fully saturated rings. The lowest BCUT2D eigenvalue weighted by atomic mass is 9.75. The number of benzene rings is 1. The van der Waals surface area contributed by atoms with Crippen LogP contribution < -0.4 is 4.74 Å². The predicted octanol–water partition coefficient (Wildman–Crippen LogP) is 9.67. The van der Waals surface area contributed by atoms with Gasteiger partial charge in [0.2, 0.25) is 0 Å². The lowest BCUT2D eigenvalue weighted by Gasteiger charge is -2.30. The summed E-state index contributed by atoms with van der Waals surface area (Å²) in [4.78, 5) is 9.24. The molecule has 35 heavy (non-hydrogen) atoms. The van der Waals surface area contributed by atoms with E-state index in [0.29, 0.717) is 18.5 Å². The third kappa shape index (κ3) is 9.37. The van der Waals surface area contributed by atoms with Crippen molar-refractivity contribution >= 4 is 8.07 Å². The van der Waals surface area contributed by atoms with E-state index in [-0.39, 0.29) is 0 Å². The molecule has 0 bridgehead atoms. The second kappa shape index (κ2) is 14.8. The molecule has 3 rings (SSSR count). The van der Waals surface area contributed by atoms with Gasteiger partial charge in [-0.1, -0.05) is 108 Å². The van der Waals surface area contributed by atoms with Gasteiger partial charge in [0, 0.05) is 19.8 Å². The number of nitrogens with zero attached hydrogens (tertiary/aromatic N) is 2. The van der Waals surface area contributed by atoms with Gasteiger partial charge in [-0.2, -0.15) is 4.98 Å². The Morgan fingerprint density at radius 3 is 2.37 bits per heavy atom. The fourth-order valence-corrected chi connectivity index (χ4v) is 8.51. The molecule has 194 valence electrons. The summed E-state index contributed by atoms with van der Waals surface area (Å²) in [5, 5.41) is 0. The van der Waals surface area contributed by atoms with Crippen molar-refractivity contribution in [2.24, 2.45) is 5.92 Å². The Bertz CT molecular complexity index is 861. The summed E-state index contributed by atoms with van der Waals surface area (Å²) in [7, 11) is -1.03. The van der Waals surface area contributed by atoms with Crippen LogP contribution in [0.15, 0.2) is 36.5 Å². The summed E-state index contributed by atoms with van der Waals surface area (Å²) < 4.78 is 6.00. The van der Waals surface area contributed by atoms with Gasteiger partial charge in [-0.25, -0.2) is 4.98 Å². The van der Waals surface area contributed by atoms with Gasteiger partial charge in [-0.05, 0) is 55.6 Å². The first-order valence-corrected chi connectivity index (χ1v) is 18.0. The second-order valence-electron chi connectivity index (χ2n) is 11.6. The van der Waals surface area contributed by atoms with Crippen LogP contribution >= 0.6 is 0 Å². The molecule has 2 aromatic rings. The third-order valence-corrected chi connectivity index (χ3v) is 11.5. The maximum Gasteiger partial charge on any atom is 0.316 e. The van der Waals surface area contributed by atoms with Crippen LogP contribution in [0.4, 0.5) is 0 Å². The van der Waals surface area contributed by atoms with Gasteiger partial charge in [0.05, 0.1) is 12.3 Å². The summed E-state index contributed by atoms with van der Waals surface area (Å²) in [6.07, 6.45) is 17.8. The zero-order valence-corrected chi connectivity index (χ0v) is 24.0. The first kappa shape index (κ1) is 27.9. The number of rotatable bonds is 15. The summed E-state index contributed by atoms with van der Waals surface area (Å²) in [5.74, 6) is 1.58. The van der Waals surface area contributed by atoms with E-state index in [2.05, 4.69) is 56.2 Å². The van der Waals surface area contributed by atoms with Crippen molar-refractivity contribution in [3.63, 3.8) is 0 Å². The Balaban J connectivity index is 1.53. The van der Waals surface area contributed by atoms with Gasteiger partial charge in [0.25, 0.3) is 0 Å². The highest BCUT2D eigenvalue weighted by atomic mass is 28.3. The van der Waals surface area contributed by atoms with Crippen LogP contribution in [-0.4, -0.2) is 24.6 Å². The minimum absolute atomic E-state index is 0.527. The highest BCUT2D eigenvalue weighted by Crippen LogP contribution is 2.41. The fraction of sp³-hybridized carbons (Fsp3) is 0.677. The molecule has 0 saturated heterocycles. The van der Waals surface area contributed by atoms with Gasteiger partial charge in [0.15, 0.2) is 0 Å². The van der Waals surface area contributed by atoms with Gasteiger partial charge >= 0.3 is 6.01 Å². The molecule has 0 unspecified atom stereocenters. The molecule has 0 N–H and O–H groups in total. The molecular weight excluding hydrogens is 444 g/mol. The van der Waals surface area contributed by atoms with Crippen molar-refractivity contribution in [3.8, 4) is 17.3 Å². The summed E-state index contributed by atoms with van der Waals surface area (Å²) in [6.45, 7) is 10.4. The molecule has 0 amide bonds. The normalized spacial score (nSPS) is 18.5. The Morgan fingerprint density at radius 2 is 1.60 bits per heavy atom. The van der Waals surface area contributed by atoms with Crippen molar-refractivity contribution in [2.45, 2.75) is 122 Å². The minimum Gasteiger partial charge on any atom is -0.463 e. The predicted molar refractivity (Wildman–Crippen MR) is 153 cm³/mol. The monoisotopic (exact) mass is 494 g/mol. The lowest BCUT2D eigenvalue weighted by molar-refractivity contribution is 0.285. The van der Waals surface area contributed by atoms with Gasteiger partial charge in [0.1, 0.15) is 0 Å². The van der Waals surface area contributed by atoms with Crippen LogP contribution in [0.5, 0.6) is 6.01 Å². The Hall–Kier alpha value is -1.68. The molecule has 0 atom stereocenters.